The molecule has 0 aliphatic heterocycles. The minimum atomic E-state index is 0. The van der Waals surface area contributed by atoms with Crippen molar-refractivity contribution < 1.29 is 33.5 Å². The molecule has 0 aliphatic rings. The van der Waals surface area contributed by atoms with Gasteiger partial charge in [-0.05, 0) is 0 Å². The summed E-state index contributed by atoms with van der Waals surface area (Å²) in [6.07, 6.45) is 0. The maximum absolute atomic E-state index is 0. The molecule has 0 aromatic carbocycles. The number of hydrogen-bond donors (Lipinski definition) is 0. The Morgan fingerprint density at radius 1 is 0.667 bits per heavy atom. The van der Waals surface area contributed by atoms with E-state index in [1.807, 2.05) is 0 Å². The molecule has 1 radical (unpaired) electrons. The Kier molecular flexibility index (Phi) is 412. The Morgan fingerprint density at radius 3 is 0.667 bits per heavy atom. The van der Waals surface area contributed by atoms with Gasteiger partial charge < -0.3 is 16.4 Å². The molecule has 0 spiro atoms. The third kappa shape index (κ3) is 26.9. The molecule has 0 aromatic rings. The first kappa shape index (κ1) is 59.9. The summed E-state index contributed by atoms with van der Waals surface area (Å²) in [6, 6.07) is 0. The van der Waals surface area contributed by atoms with E-state index in [-0.39, 0.29) is 120 Å². The molecule has 0 amide bonds. The van der Waals surface area contributed by atoms with Crippen LogP contribution in [0.4, 0.5) is 0 Å². The smallest absolute Gasteiger partial charge is 2.00 e. The van der Waals surface area contributed by atoms with Gasteiger partial charge in [-0.25, -0.2) is 0 Å². The molecule has 3 nitrogen and oxygen atoms in total. The summed E-state index contributed by atoms with van der Waals surface area (Å²) in [7, 11) is 0. The summed E-state index contributed by atoms with van der Waals surface area (Å²) in [6.45, 7) is 0. The molecule has 0 unspecified atom stereocenters. The molecule has 6 heteroatoms. The Morgan fingerprint density at radius 2 is 0.667 bits per heavy atom. The molecule has 0 saturated carbocycles. The minimum absolute atomic E-state index is 0. The van der Waals surface area contributed by atoms with Gasteiger partial charge in [-0.15, -0.1) is 0 Å². The van der Waals surface area contributed by atoms with Crippen molar-refractivity contribution in [3.8, 4) is 0 Å². The van der Waals surface area contributed by atoms with Crippen molar-refractivity contribution in [2.75, 3.05) is 0 Å². The molecule has 0 atom stereocenters. The van der Waals surface area contributed by atoms with Gasteiger partial charge in [0.2, 0.25) is 0 Å². The molecule has 0 N–H and O–H groups in total. The summed E-state index contributed by atoms with van der Waals surface area (Å²) < 4.78 is 0. The van der Waals surface area contributed by atoms with E-state index in [1.54, 1.807) is 0 Å². The van der Waals surface area contributed by atoms with Crippen molar-refractivity contribution in [2.45, 2.75) is 0 Å². The molecule has 6 heavy (non-hydrogen) atoms. The van der Waals surface area contributed by atoms with Crippen LogP contribution in [0.5, 0.6) is 0 Å². The number of hydrogen-bond acceptors (Lipinski definition) is 0. The average molecular weight is 289 g/mol. The minimum Gasteiger partial charge on any atom is -2.00 e. The second kappa shape index (κ2) is 41.2. The Balaban J connectivity index is 0. The van der Waals surface area contributed by atoms with Crippen LogP contribution in [0.15, 0.2) is 0 Å². The van der Waals surface area contributed by atoms with Gasteiger partial charge in [0.15, 0.2) is 0 Å². The van der Waals surface area contributed by atoms with Crippen molar-refractivity contribution in [3.63, 3.8) is 0 Å². The summed E-state index contributed by atoms with van der Waals surface area (Å²) >= 11 is 0. The third-order valence-corrected chi connectivity index (χ3v) is 0. The quantitative estimate of drug-likeness (QED) is 0.506. The van der Waals surface area contributed by atoms with Crippen LogP contribution in [0.1, 0.15) is 0 Å². The van der Waals surface area contributed by atoms with Crippen molar-refractivity contribution in [2.24, 2.45) is 0 Å². The van der Waals surface area contributed by atoms with Gasteiger partial charge in [-0.3, -0.25) is 0 Å². The molecule has 0 bridgehead atoms. The first-order valence-electron chi connectivity index (χ1n) is 0. The van der Waals surface area contributed by atoms with Gasteiger partial charge in [-0.1, -0.05) is 0 Å². The van der Waals surface area contributed by atoms with Crippen LogP contribution in [0, 0.1) is 0 Å². The third-order valence-electron chi connectivity index (χ3n) is 0. The molecule has 0 aliphatic carbocycles. The molecule has 0 heterocycles. The van der Waals surface area contributed by atoms with Gasteiger partial charge in [0, 0.05) is 0 Å². The molecule has 33 valence electrons. The summed E-state index contributed by atoms with van der Waals surface area (Å²) in [5.41, 5.74) is 0. The summed E-state index contributed by atoms with van der Waals surface area (Å²) in [5, 5.41) is 0. The number of rotatable bonds is 0. The normalized spacial score (nSPS) is 0. The maximum Gasteiger partial charge on any atom is 2.00 e. The fourth-order valence-electron chi connectivity index (χ4n) is 0. The monoisotopic (exact) mass is 289 g/mol. The van der Waals surface area contributed by atoms with E-state index in [9.17, 15) is 0 Å². The van der Waals surface area contributed by atoms with Crippen molar-refractivity contribution in [1.29, 1.82) is 0 Å². The van der Waals surface area contributed by atoms with Crippen LogP contribution in [0.2, 0.25) is 0 Å². The van der Waals surface area contributed by atoms with Crippen molar-refractivity contribution in [3.05, 3.63) is 0 Å². The zero-order valence-electron chi connectivity index (χ0n) is 2.94. The predicted octanol–water partition coefficient (Wildman–Crippen LogP) is -1.12. The first-order chi connectivity index (χ1) is 0. The van der Waals surface area contributed by atoms with Gasteiger partial charge in [0.05, 0.1) is 0 Å². The van der Waals surface area contributed by atoms with E-state index in [1.165, 1.54) is 0 Å². The Hall–Kier alpha value is 3.23. The van der Waals surface area contributed by atoms with Crippen molar-refractivity contribution in [1.82, 2.24) is 0 Å². The standard InChI is InChI=1S/Ba.Ca.Cu.3O/q3*+2;3*-2. The second-order valence-corrected chi connectivity index (χ2v) is 0. The topological polar surface area (TPSA) is 85.5 Å². The largest absolute Gasteiger partial charge is 2.00 e. The molecular formula is BaCaCuO3. The fraction of sp³-hybridized carbons (Fsp3) is 0. The van der Waals surface area contributed by atoms with E-state index >= 15 is 0 Å². The van der Waals surface area contributed by atoms with E-state index in [2.05, 4.69) is 0 Å². The first-order valence-corrected chi connectivity index (χ1v) is 0. The van der Waals surface area contributed by atoms with Gasteiger partial charge in [0.1, 0.15) is 0 Å². The van der Waals surface area contributed by atoms with E-state index in [0.717, 1.165) is 0 Å². The van der Waals surface area contributed by atoms with Gasteiger partial charge in [0.25, 0.3) is 0 Å². The molecule has 0 fully saturated rings. The molecule has 0 rings (SSSR count). The van der Waals surface area contributed by atoms with Crippen LogP contribution in [-0.4, -0.2) is 86.6 Å². The van der Waals surface area contributed by atoms with Gasteiger partial charge in [-0.2, -0.15) is 0 Å². The molecule has 0 saturated heterocycles. The Bertz CT molecular complexity index is 10.8. The van der Waals surface area contributed by atoms with Crippen LogP contribution in [0.25, 0.3) is 0 Å². The van der Waals surface area contributed by atoms with Crippen LogP contribution in [0.3, 0.4) is 0 Å². The zero-order chi connectivity index (χ0) is 0. The van der Waals surface area contributed by atoms with Crippen LogP contribution < -0.4 is 0 Å². The summed E-state index contributed by atoms with van der Waals surface area (Å²) in [5.74, 6) is 0. The predicted molar refractivity (Wildman–Crippen MR) is 13.6 cm³/mol. The zero-order valence-corrected chi connectivity index (χ0v) is 10.5. The van der Waals surface area contributed by atoms with E-state index in [0.29, 0.717) is 0 Å². The second-order valence-electron chi connectivity index (χ2n) is 0. The van der Waals surface area contributed by atoms with E-state index < -0.39 is 0 Å². The van der Waals surface area contributed by atoms with Crippen LogP contribution in [-0.2, 0) is 33.5 Å². The fourth-order valence-corrected chi connectivity index (χ4v) is 0. The van der Waals surface area contributed by atoms with Gasteiger partial charge >= 0.3 is 104 Å². The maximum atomic E-state index is 0. The average Bonchev–Trinajstić information content (AvgIpc) is 0. The van der Waals surface area contributed by atoms with Crippen LogP contribution >= 0.6 is 0 Å². The van der Waals surface area contributed by atoms with Crippen molar-refractivity contribution >= 4 is 86.6 Å². The SMILES string of the molecule is [Ba+2].[Ca+2].[Cu+2].[O-2].[O-2].[O-2]. The summed E-state index contributed by atoms with van der Waals surface area (Å²) in [4.78, 5) is 0. The van der Waals surface area contributed by atoms with E-state index in [4.69, 9.17) is 0 Å². The molecular weight excluding hydrogens is 289 g/mol. The Labute approximate surface area is 117 Å². The molecule has 0 aromatic heterocycles.